The first-order valence-corrected chi connectivity index (χ1v) is 5.30. The first kappa shape index (κ1) is 11.8. The van der Waals surface area contributed by atoms with Crippen LogP contribution >= 0.6 is 0 Å². The highest BCUT2D eigenvalue weighted by atomic mass is 14.3. The molecule has 0 saturated heterocycles. The average Bonchev–Trinajstić information content (AvgIpc) is 2.15. The van der Waals surface area contributed by atoms with Gasteiger partial charge in [0.1, 0.15) is 0 Å². The van der Waals surface area contributed by atoms with Crippen molar-refractivity contribution < 1.29 is 0 Å². The van der Waals surface area contributed by atoms with Crippen LogP contribution in [0.15, 0.2) is 6.07 Å². The van der Waals surface area contributed by atoms with Crippen LogP contribution in [0.5, 0.6) is 0 Å². The molecule has 1 heteroatoms. The third-order valence-corrected chi connectivity index (χ3v) is 3.27. The highest BCUT2D eigenvalue weighted by molar-refractivity contribution is 5.49. The monoisotopic (exact) mass is 201 g/mol. The fraction of sp³-hybridized carbons (Fsp3) is 0.500. The summed E-state index contributed by atoms with van der Waals surface area (Å²) in [6, 6.07) is 4.59. The molecule has 80 valence electrons. The van der Waals surface area contributed by atoms with Crippen LogP contribution in [-0.4, -0.2) is 0 Å². The summed E-state index contributed by atoms with van der Waals surface area (Å²) in [7, 11) is 0. The molecule has 15 heavy (non-hydrogen) atoms. The van der Waals surface area contributed by atoms with E-state index >= 15 is 0 Å². The fourth-order valence-corrected chi connectivity index (χ4v) is 2.21. The van der Waals surface area contributed by atoms with Gasteiger partial charge in [0.25, 0.3) is 0 Å². The summed E-state index contributed by atoms with van der Waals surface area (Å²) in [5.41, 5.74) is 5.86. The van der Waals surface area contributed by atoms with Gasteiger partial charge in [0, 0.05) is 0 Å². The summed E-state index contributed by atoms with van der Waals surface area (Å²) in [4.78, 5) is 0. The van der Waals surface area contributed by atoms with Gasteiger partial charge in [-0.1, -0.05) is 6.07 Å². The molecule has 0 aliphatic carbocycles. The number of nitriles is 1. The van der Waals surface area contributed by atoms with Crippen LogP contribution in [0.1, 0.15) is 41.7 Å². The minimum Gasteiger partial charge on any atom is -0.197 e. The van der Waals surface area contributed by atoms with Crippen molar-refractivity contribution >= 4 is 0 Å². The minimum atomic E-state index is -0.398. The molecule has 0 amide bonds. The van der Waals surface area contributed by atoms with E-state index in [0.29, 0.717) is 0 Å². The molecule has 0 radical (unpaired) electrons. The maximum absolute atomic E-state index is 9.23. The van der Waals surface area contributed by atoms with E-state index in [4.69, 9.17) is 0 Å². The normalized spacial score (nSPS) is 11.3. The molecule has 1 nitrogen and oxygen atoms in total. The van der Waals surface area contributed by atoms with Gasteiger partial charge in [0.05, 0.1) is 11.5 Å². The summed E-state index contributed by atoms with van der Waals surface area (Å²) >= 11 is 0. The summed E-state index contributed by atoms with van der Waals surface area (Å²) < 4.78 is 0. The molecule has 0 fully saturated rings. The van der Waals surface area contributed by atoms with Gasteiger partial charge in [0.15, 0.2) is 0 Å². The van der Waals surface area contributed by atoms with Crippen LogP contribution in [0, 0.1) is 39.0 Å². The molecule has 0 N–H and O–H groups in total. The van der Waals surface area contributed by atoms with Crippen LogP contribution in [0.25, 0.3) is 0 Å². The highest BCUT2D eigenvalue weighted by Gasteiger charge is 2.25. The maximum atomic E-state index is 9.23. The molecular weight excluding hydrogens is 182 g/mol. The van der Waals surface area contributed by atoms with Gasteiger partial charge in [-0.15, -0.1) is 0 Å². The van der Waals surface area contributed by atoms with E-state index in [-0.39, 0.29) is 0 Å². The van der Waals surface area contributed by atoms with Crippen molar-refractivity contribution in [3.05, 3.63) is 33.9 Å². The summed E-state index contributed by atoms with van der Waals surface area (Å²) in [6.07, 6.45) is 0. The number of hydrogen-bond acceptors (Lipinski definition) is 1. The largest absolute Gasteiger partial charge is 0.197 e. The molecule has 0 aliphatic heterocycles. The standard InChI is InChI=1S/C14H19N/c1-9-7-10(2)12(4)13(11(9)3)14(5,6)8-15/h7H,1-6H3. The lowest BCUT2D eigenvalue weighted by molar-refractivity contribution is 0.673. The van der Waals surface area contributed by atoms with Gasteiger partial charge in [0.2, 0.25) is 0 Å². The van der Waals surface area contributed by atoms with Crippen LogP contribution < -0.4 is 0 Å². The number of aryl methyl sites for hydroxylation is 2. The molecule has 0 saturated carbocycles. The van der Waals surface area contributed by atoms with Gasteiger partial charge >= 0.3 is 0 Å². The molecule has 0 spiro atoms. The Balaban J connectivity index is 3.62. The molecule has 1 aromatic carbocycles. The lowest BCUT2D eigenvalue weighted by Gasteiger charge is -2.24. The predicted octanol–water partition coefficient (Wildman–Crippen LogP) is 3.72. The lowest BCUT2D eigenvalue weighted by Crippen LogP contribution is -2.18. The zero-order valence-electron chi connectivity index (χ0n) is 10.5. The predicted molar refractivity (Wildman–Crippen MR) is 64.0 cm³/mol. The summed E-state index contributed by atoms with van der Waals surface area (Å²) in [5.74, 6) is 0. The molecular formula is C14H19N. The molecule has 0 unspecified atom stereocenters. The Morgan fingerprint density at radius 2 is 1.40 bits per heavy atom. The van der Waals surface area contributed by atoms with E-state index in [9.17, 15) is 5.26 Å². The molecule has 0 bridgehead atoms. The number of hydrogen-bond donors (Lipinski definition) is 0. The summed E-state index contributed by atoms with van der Waals surface area (Å²) in [5, 5.41) is 9.23. The number of rotatable bonds is 1. The fourth-order valence-electron chi connectivity index (χ4n) is 2.21. The van der Waals surface area contributed by atoms with E-state index in [2.05, 4.69) is 39.8 Å². The van der Waals surface area contributed by atoms with Crippen LogP contribution in [0.4, 0.5) is 0 Å². The molecule has 0 atom stereocenters. The van der Waals surface area contributed by atoms with Crippen molar-refractivity contribution in [1.82, 2.24) is 0 Å². The molecule has 0 heterocycles. The third kappa shape index (κ3) is 1.90. The first-order chi connectivity index (χ1) is 6.81. The van der Waals surface area contributed by atoms with E-state index < -0.39 is 5.41 Å². The quantitative estimate of drug-likeness (QED) is 0.679. The van der Waals surface area contributed by atoms with Crippen molar-refractivity contribution in [2.75, 3.05) is 0 Å². The van der Waals surface area contributed by atoms with Gasteiger partial charge in [-0.3, -0.25) is 0 Å². The Hall–Kier alpha value is -1.29. The van der Waals surface area contributed by atoms with Gasteiger partial charge in [-0.05, 0) is 69.4 Å². The maximum Gasteiger partial charge on any atom is 0.0771 e. The second-order valence-electron chi connectivity index (χ2n) is 4.87. The molecule has 0 aliphatic rings. The van der Waals surface area contributed by atoms with Crippen molar-refractivity contribution in [1.29, 1.82) is 5.26 Å². The number of benzene rings is 1. The SMILES string of the molecule is Cc1cc(C)c(C)c(C(C)(C)C#N)c1C. The first-order valence-electron chi connectivity index (χ1n) is 5.30. The van der Waals surface area contributed by atoms with Crippen LogP contribution in [0.3, 0.4) is 0 Å². The van der Waals surface area contributed by atoms with Gasteiger partial charge < -0.3 is 0 Å². The van der Waals surface area contributed by atoms with Crippen molar-refractivity contribution in [3.8, 4) is 6.07 Å². The van der Waals surface area contributed by atoms with Crippen molar-refractivity contribution in [2.45, 2.75) is 47.0 Å². The Bertz CT molecular complexity index is 407. The second kappa shape index (κ2) is 3.70. The second-order valence-corrected chi connectivity index (χ2v) is 4.87. The van der Waals surface area contributed by atoms with Gasteiger partial charge in [-0.25, -0.2) is 0 Å². The lowest BCUT2D eigenvalue weighted by atomic mass is 9.78. The van der Waals surface area contributed by atoms with E-state index in [0.717, 1.165) is 0 Å². The van der Waals surface area contributed by atoms with Crippen molar-refractivity contribution in [3.63, 3.8) is 0 Å². The van der Waals surface area contributed by atoms with E-state index in [1.165, 1.54) is 27.8 Å². The van der Waals surface area contributed by atoms with E-state index in [1.807, 2.05) is 13.8 Å². The Labute approximate surface area is 92.7 Å². The smallest absolute Gasteiger partial charge is 0.0771 e. The Morgan fingerprint density at radius 1 is 1.00 bits per heavy atom. The Morgan fingerprint density at radius 3 is 1.73 bits per heavy atom. The van der Waals surface area contributed by atoms with Crippen LogP contribution in [-0.2, 0) is 5.41 Å². The highest BCUT2D eigenvalue weighted by Crippen LogP contribution is 2.32. The van der Waals surface area contributed by atoms with Crippen molar-refractivity contribution in [2.24, 2.45) is 0 Å². The Kier molecular flexibility index (Phi) is 2.90. The van der Waals surface area contributed by atoms with E-state index in [1.54, 1.807) is 0 Å². The zero-order valence-corrected chi connectivity index (χ0v) is 10.5. The average molecular weight is 201 g/mol. The minimum absolute atomic E-state index is 0.398. The molecule has 1 aromatic rings. The molecule has 0 aromatic heterocycles. The summed E-state index contributed by atoms with van der Waals surface area (Å²) in [6.45, 7) is 12.4. The third-order valence-electron chi connectivity index (χ3n) is 3.27. The molecule has 1 rings (SSSR count). The van der Waals surface area contributed by atoms with Gasteiger partial charge in [-0.2, -0.15) is 5.26 Å². The zero-order chi connectivity index (χ0) is 11.8. The topological polar surface area (TPSA) is 23.8 Å². The number of nitrogens with zero attached hydrogens (tertiary/aromatic N) is 1. The van der Waals surface area contributed by atoms with Crippen LogP contribution in [0.2, 0.25) is 0 Å².